The number of amides is 1. The third-order valence-corrected chi connectivity index (χ3v) is 4.00. The molecule has 1 amide bonds. The molecule has 0 aliphatic heterocycles. The van der Waals surface area contributed by atoms with E-state index in [0.717, 1.165) is 6.42 Å². The Hall–Kier alpha value is -2.33. The Balaban J connectivity index is 2.06. The number of carbonyl (C=O) groups excluding carboxylic acids is 1. The first-order valence-electron chi connectivity index (χ1n) is 7.90. The van der Waals surface area contributed by atoms with Gasteiger partial charge in [-0.2, -0.15) is 0 Å². The number of benzene rings is 2. The van der Waals surface area contributed by atoms with E-state index in [2.05, 4.69) is 41.4 Å². The van der Waals surface area contributed by atoms with E-state index in [9.17, 15) is 4.79 Å². The van der Waals surface area contributed by atoms with Gasteiger partial charge in [0, 0.05) is 17.8 Å². The summed E-state index contributed by atoms with van der Waals surface area (Å²) in [7, 11) is 4.04. The van der Waals surface area contributed by atoms with E-state index >= 15 is 0 Å². The molecule has 1 unspecified atom stereocenters. The van der Waals surface area contributed by atoms with Gasteiger partial charge in [0.2, 0.25) is 0 Å². The Kier molecular flexibility index (Phi) is 5.77. The lowest BCUT2D eigenvalue weighted by atomic mass is 10.0. The highest BCUT2D eigenvalue weighted by Gasteiger charge is 2.16. The highest BCUT2D eigenvalue weighted by atomic mass is 16.1. The summed E-state index contributed by atoms with van der Waals surface area (Å²) in [5.41, 5.74) is 9.42. The lowest BCUT2D eigenvalue weighted by molar-refractivity contribution is 0.0942. The van der Waals surface area contributed by atoms with Gasteiger partial charge in [-0.1, -0.05) is 37.3 Å². The van der Waals surface area contributed by atoms with Crippen molar-refractivity contribution < 1.29 is 4.79 Å². The minimum Gasteiger partial charge on any atom is -0.399 e. The summed E-state index contributed by atoms with van der Waals surface area (Å²) in [6.07, 6.45) is 1.03. The number of hydrogen-bond donors (Lipinski definition) is 2. The number of nitrogen functional groups attached to an aromatic ring is 1. The largest absolute Gasteiger partial charge is 0.399 e. The van der Waals surface area contributed by atoms with Gasteiger partial charge >= 0.3 is 0 Å². The number of nitrogens with two attached hydrogens (primary N) is 1. The number of nitrogens with zero attached hydrogens (tertiary/aromatic N) is 1. The van der Waals surface area contributed by atoms with Crippen LogP contribution in [0.1, 0.15) is 34.5 Å². The number of carbonyl (C=O) groups is 1. The zero-order chi connectivity index (χ0) is 16.8. The maximum absolute atomic E-state index is 12.3. The summed E-state index contributed by atoms with van der Waals surface area (Å²) in [5.74, 6) is -0.102. The molecule has 4 heteroatoms. The topological polar surface area (TPSA) is 58.4 Å². The van der Waals surface area contributed by atoms with Gasteiger partial charge in [0.05, 0.1) is 6.04 Å². The maximum atomic E-state index is 12.3. The average Bonchev–Trinajstić information content (AvgIpc) is 2.55. The molecule has 2 aromatic carbocycles. The van der Waals surface area contributed by atoms with Crippen molar-refractivity contribution in [1.29, 1.82) is 0 Å². The Morgan fingerprint density at radius 3 is 2.43 bits per heavy atom. The predicted octanol–water partition coefficient (Wildman–Crippen LogP) is 2.86. The van der Waals surface area contributed by atoms with E-state index in [-0.39, 0.29) is 11.9 Å². The maximum Gasteiger partial charge on any atom is 0.251 e. The van der Waals surface area contributed by atoms with Crippen LogP contribution in [0.5, 0.6) is 0 Å². The molecule has 1 atom stereocenters. The van der Waals surface area contributed by atoms with Crippen molar-refractivity contribution in [3.63, 3.8) is 0 Å². The van der Waals surface area contributed by atoms with Crippen molar-refractivity contribution in [2.24, 2.45) is 0 Å². The minimum atomic E-state index is -0.102. The summed E-state index contributed by atoms with van der Waals surface area (Å²) in [5, 5.41) is 3.00. The number of hydrogen-bond acceptors (Lipinski definition) is 3. The lowest BCUT2D eigenvalue weighted by Crippen LogP contribution is -2.34. The summed E-state index contributed by atoms with van der Waals surface area (Å²) < 4.78 is 0. The van der Waals surface area contributed by atoms with E-state index in [0.29, 0.717) is 17.8 Å². The Labute approximate surface area is 138 Å². The molecular formula is C19H25N3O. The van der Waals surface area contributed by atoms with Crippen LogP contribution < -0.4 is 11.1 Å². The van der Waals surface area contributed by atoms with Crippen molar-refractivity contribution in [2.45, 2.75) is 19.4 Å². The van der Waals surface area contributed by atoms with E-state index in [4.69, 9.17) is 5.73 Å². The monoisotopic (exact) mass is 311 g/mol. The standard InChI is InChI=1S/C19H25N3O/c1-4-14-8-10-15(11-9-14)18(22(2)3)13-21-19(23)16-6-5-7-17(20)12-16/h5-12,18H,4,13,20H2,1-3H3,(H,21,23). The number of anilines is 1. The lowest BCUT2D eigenvalue weighted by Gasteiger charge is -2.25. The fraction of sp³-hybridized carbons (Fsp3) is 0.316. The Morgan fingerprint density at radius 1 is 1.17 bits per heavy atom. The van der Waals surface area contributed by atoms with Crippen LogP contribution in [-0.2, 0) is 6.42 Å². The number of aryl methyl sites for hydroxylation is 1. The molecule has 0 saturated carbocycles. The number of nitrogens with one attached hydrogen (secondary N) is 1. The zero-order valence-corrected chi connectivity index (χ0v) is 14.0. The van der Waals surface area contributed by atoms with Gasteiger partial charge in [-0.15, -0.1) is 0 Å². The normalized spacial score (nSPS) is 12.2. The van der Waals surface area contributed by atoms with Gasteiger partial charge < -0.3 is 16.0 Å². The van der Waals surface area contributed by atoms with Crippen molar-refractivity contribution >= 4 is 11.6 Å². The molecule has 23 heavy (non-hydrogen) atoms. The van der Waals surface area contributed by atoms with Crippen molar-refractivity contribution in [3.05, 3.63) is 65.2 Å². The van der Waals surface area contributed by atoms with Crippen molar-refractivity contribution in [2.75, 3.05) is 26.4 Å². The van der Waals surface area contributed by atoms with E-state index in [1.54, 1.807) is 24.3 Å². The molecule has 3 N–H and O–H groups in total. The fourth-order valence-corrected chi connectivity index (χ4v) is 2.55. The van der Waals surface area contributed by atoms with Crippen molar-refractivity contribution in [1.82, 2.24) is 10.2 Å². The van der Waals surface area contributed by atoms with Crippen LogP contribution in [-0.4, -0.2) is 31.4 Å². The molecule has 0 aromatic heterocycles. The molecule has 4 nitrogen and oxygen atoms in total. The van der Waals surface area contributed by atoms with E-state index in [1.807, 2.05) is 14.1 Å². The zero-order valence-electron chi connectivity index (χ0n) is 14.0. The predicted molar refractivity (Wildman–Crippen MR) is 95.4 cm³/mol. The van der Waals surface area contributed by atoms with E-state index < -0.39 is 0 Å². The quantitative estimate of drug-likeness (QED) is 0.807. The number of likely N-dealkylation sites (N-methyl/N-ethyl adjacent to an activating group) is 1. The Morgan fingerprint density at radius 2 is 1.87 bits per heavy atom. The molecule has 0 fully saturated rings. The summed E-state index contributed by atoms with van der Waals surface area (Å²) in [6.45, 7) is 2.69. The molecule has 0 spiro atoms. The molecule has 0 aliphatic rings. The molecule has 122 valence electrons. The van der Waals surface area contributed by atoms with Crippen LogP contribution >= 0.6 is 0 Å². The van der Waals surface area contributed by atoms with Gasteiger partial charge in [-0.05, 0) is 49.8 Å². The number of rotatable bonds is 6. The second kappa shape index (κ2) is 7.79. The van der Waals surface area contributed by atoms with Crippen LogP contribution in [0.2, 0.25) is 0 Å². The SMILES string of the molecule is CCc1ccc(C(CNC(=O)c2cccc(N)c2)N(C)C)cc1. The first-order valence-corrected chi connectivity index (χ1v) is 7.90. The van der Waals surface area contributed by atoms with Crippen molar-refractivity contribution in [3.8, 4) is 0 Å². The highest BCUT2D eigenvalue weighted by Crippen LogP contribution is 2.18. The third-order valence-electron chi connectivity index (χ3n) is 4.00. The molecule has 2 aromatic rings. The molecule has 0 bridgehead atoms. The summed E-state index contributed by atoms with van der Waals surface area (Å²) in [4.78, 5) is 14.4. The van der Waals surface area contributed by atoms with Gasteiger partial charge in [0.1, 0.15) is 0 Å². The van der Waals surface area contributed by atoms with Gasteiger partial charge in [-0.25, -0.2) is 0 Å². The smallest absolute Gasteiger partial charge is 0.251 e. The van der Waals surface area contributed by atoms with Gasteiger partial charge in [0.15, 0.2) is 0 Å². The first-order chi connectivity index (χ1) is 11.0. The van der Waals surface area contributed by atoms with Crippen LogP contribution in [0.3, 0.4) is 0 Å². The summed E-state index contributed by atoms with van der Waals surface area (Å²) in [6, 6.07) is 15.7. The molecule has 0 radical (unpaired) electrons. The second-order valence-corrected chi connectivity index (χ2v) is 5.91. The molecule has 0 saturated heterocycles. The van der Waals surface area contributed by atoms with Crippen LogP contribution in [0.4, 0.5) is 5.69 Å². The first kappa shape index (κ1) is 17.0. The fourth-order valence-electron chi connectivity index (χ4n) is 2.55. The minimum absolute atomic E-state index is 0.102. The summed E-state index contributed by atoms with van der Waals surface area (Å²) >= 11 is 0. The molecule has 0 heterocycles. The van der Waals surface area contributed by atoms with Crippen LogP contribution in [0.15, 0.2) is 48.5 Å². The Bertz CT molecular complexity index is 650. The molecular weight excluding hydrogens is 286 g/mol. The van der Waals surface area contributed by atoms with E-state index in [1.165, 1.54) is 11.1 Å². The highest BCUT2D eigenvalue weighted by molar-refractivity contribution is 5.95. The third kappa shape index (κ3) is 4.57. The van der Waals surface area contributed by atoms with Gasteiger partial charge in [-0.3, -0.25) is 4.79 Å². The van der Waals surface area contributed by atoms with Crippen LogP contribution in [0.25, 0.3) is 0 Å². The molecule has 0 aliphatic carbocycles. The second-order valence-electron chi connectivity index (χ2n) is 5.91. The van der Waals surface area contributed by atoms with Gasteiger partial charge in [0.25, 0.3) is 5.91 Å². The average molecular weight is 311 g/mol. The molecule has 2 rings (SSSR count). The van der Waals surface area contributed by atoms with Crippen LogP contribution in [0, 0.1) is 0 Å².